The molecule has 0 amide bonds. The molecule has 6 nitrogen and oxygen atoms in total. The molecule has 17 heavy (non-hydrogen) atoms. The molecule has 2 heterocycles. The smallest absolute Gasteiger partial charge is 0.213 e. The van der Waals surface area contributed by atoms with Gasteiger partial charge in [0.1, 0.15) is 0 Å². The molecule has 0 fully saturated rings. The van der Waals surface area contributed by atoms with Crippen LogP contribution >= 0.6 is 0 Å². The summed E-state index contributed by atoms with van der Waals surface area (Å²) in [6.45, 7) is 5.48. The zero-order valence-corrected chi connectivity index (χ0v) is 10.1. The third-order valence-electron chi connectivity index (χ3n) is 2.90. The fourth-order valence-electron chi connectivity index (χ4n) is 1.92. The second-order valence-corrected chi connectivity index (χ2v) is 4.38. The highest BCUT2D eigenvalue weighted by molar-refractivity contribution is 5.09. The lowest BCUT2D eigenvalue weighted by molar-refractivity contribution is 0.406. The zero-order chi connectivity index (χ0) is 12.3. The Bertz CT molecular complexity index is 448. The highest BCUT2D eigenvalue weighted by Crippen LogP contribution is 2.23. The summed E-state index contributed by atoms with van der Waals surface area (Å²) in [7, 11) is 0. The van der Waals surface area contributed by atoms with Gasteiger partial charge < -0.3 is 14.8 Å². The molecule has 2 aromatic rings. The zero-order valence-electron chi connectivity index (χ0n) is 10.1. The van der Waals surface area contributed by atoms with Crippen LogP contribution in [0.2, 0.25) is 0 Å². The van der Waals surface area contributed by atoms with Crippen molar-refractivity contribution in [2.45, 2.75) is 26.3 Å². The van der Waals surface area contributed by atoms with E-state index in [0.29, 0.717) is 30.7 Å². The van der Waals surface area contributed by atoms with Gasteiger partial charge in [0, 0.05) is 24.4 Å². The molecular formula is C11H17N5O. The van der Waals surface area contributed by atoms with Crippen LogP contribution in [0, 0.1) is 5.92 Å². The van der Waals surface area contributed by atoms with Crippen molar-refractivity contribution in [2.75, 3.05) is 6.54 Å². The molecule has 0 aliphatic heterocycles. The molecular weight excluding hydrogens is 218 g/mol. The van der Waals surface area contributed by atoms with Crippen LogP contribution in [0.25, 0.3) is 0 Å². The number of nitrogens with two attached hydrogens (primary N) is 1. The number of aromatic nitrogens is 4. The number of rotatable bonds is 5. The Morgan fingerprint density at radius 2 is 2.29 bits per heavy atom. The van der Waals surface area contributed by atoms with E-state index >= 15 is 0 Å². The normalized spacial score (nSPS) is 13.2. The minimum absolute atomic E-state index is 0.296. The van der Waals surface area contributed by atoms with Gasteiger partial charge in [-0.15, -0.1) is 0 Å². The summed E-state index contributed by atoms with van der Waals surface area (Å²) >= 11 is 0. The number of imidazole rings is 1. The van der Waals surface area contributed by atoms with E-state index in [1.165, 1.54) is 6.39 Å². The lowest BCUT2D eigenvalue weighted by Gasteiger charge is -2.20. The van der Waals surface area contributed by atoms with E-state index in [0.717, 1.165) is 5.69 Å². The lowest BCUT2D eigenvalue weighted by Crippen LogP contribution is -2.21. The molecule has 1 unspecified atom stereocenters. The topological polar surface area (TPSA) is 82.8 Å². The summed E-state index contributed by atoms with van der Waals surface area (Å²) in [6.07, 6.45) is 4.96. The van der Waals surface area contributed by atoms with Gasteiger partial charge in [-0.1, -0.05) is 19.0 Å². The highest BCUT2D eigenvalue weighted by Gasteiger charge is 2.18. The Morgan fingerprint density at radius 3 is 2.88 bits per heavy atom. The second kappa shape index (κ2) is 5.09. The number of hydrogen-bond donors (Lipinski definition) is 1. The maximum Gasteiger partial charge on any atom is 0.213 e. The predicted octanol–water partition coefficient (Wildman–Crippen LogP) is 1.01. The van der Waals surface area contributed by atoms with Crippen LogP contribution in [0.5, 0.6) is 0 Å². The SMILES string of the molecule is CC(C)C(CN)c1cncn1Cc1ncon1. The van der Waals surface area contributed by atoms with Crippen molar-refractivity contribution in [3.8, 4) is 0 Å². The van der Waals surface area contributed by atoms with Crippen LogP contribution in [0.3, 0.4) is 0 Å². The standard InChI is InChI=1S/C11H17N5O/c1-8(2)9(3-12)10-4-13-6-16(10)5-11-14-7-17-15-11/h4,6-9H,3,5,12H2,1-2H3. The van der Waals surface area contributed by atoms with E-state index in [-0.39, 0.29) is 0 Å². The summed E-state index contributed by atoms with van der Waals surface area (Å²) in [5, 5.41) is 3.80. The molecule has 2 N–H and O–H groups in total. The maximum absolute atomic E-state index is 5.82. The van der Waals surface area contributed by atoms with Crippen molar-refractivity contribution >= 4 is 0 Å². The number of hydrogen-bond acceptors (Lipinski definition) is 5. The van der Waals surface area contributed by atoms with Gasteiger partial charge >= 0.3 is 0 Å². The molecule has 0 aliphatic carbocycles. The maximum atomic E-state index is 5.82. The first-order chi connectivity index (χ1) is 8.22. The molecule has 0 spiro atoms. The second-order valence-electron chi connectivity index (χ2n) is 4.38. The number of nitrogens with zero attached hydrogens (tertiary/aromatic N) is 4. The van der Waals surface area contributed by atoms with E-state index in [4.69, 9.17) is 10.3 Å². The Labute approximate surface area is 99.8 Å². The third-order valence-corrected chi connectivity index (χ3v) is 2.90. The first-order valence-corrected chi connectivity index (χ1v) is 5.67. The molecule has 1 atom stereocenters. The average Bonchev–Trinajstić information content (AvgIpc) is 2.92. The van der Waals surface area contributed by atoms with Crippen LogP contribution in [-0.4, -0.2) is 26.2 Å². The first-order valence-electron chi connectivity index (χ1n) is 5.67. The molecule has 6 heteroatoms. The quantitative estimate of drug-likeness (QED) is 0.836. The minimum Gasteiger partial charge on any atom is -0.343 e. The Kier molecular flexibility index (Phi) is 3.53. The van der Waals surface area contributed by atoms with Gasteiger partial charge in [-0.2, -0.15) is 4.98 Å². The van der Waals surface area contributed by atoms with Crippen molar-refractivity contribution in [1.29, 1.82) is 0 Å². The monoisotopic (exact) mass is 235 g/mol. The minimum atomic E-state index is 0.296. The van der Waals surface area contributed by atoms with Crippen LogP contribution in [-0.2, 0) is 6.54 Å². The Hall–Kier alpha value is -1.69. The van der Waals surface area contributed by atoms with Gasteiger partial charge in [-0.05, 0) is 5.92 Å². The van der Waals surface area contributed by atoms with Gasteiger partial charge in [0.15, 0.2) is 5.82 Å². The van der Waals surface area contributed by atoms with E-state index < -0.39 is 0 Å². The molecule has 92 valence electrons. The molecule has 0 saturated heterocycles. The van der Waals surface area contributed by atoms with Crippen molar-refractivity contribution in [1.82, 2.24) is 19.7 Å². The van der Waals surface area contributed by atoms with Crippen LogP contribution in [0.1, 0.15) is 31.3 Å². The third kappa shape index (κ3) is 2.52. The van der Waals surface area contributed by atoms with Crippen molar-refractivity contribution < 1.29 is 4.52 Å². The Balaban J connectivity index is 2.21. The predicted molar refractivity (Wildman–Crippen MR) is 62.3 cm³/mol. The highest BCUT2D eigenvalue weighted by atomic mass is 16.5. The molecule has 2 aromatic heterocycles. The largest absolute Gasteiger partial charge is 0.343 e. The van der Waals surface area contributed by atoms with Gasteiger partial charge in [0.05, 0.1) is 12.9 Å². The molecule has 0 aromatic carbocycles. The van der Waals surface area contributed by atoms with Crippen molar-refractivity contribution in [3.63, 3.8) is 0 Å². The van der Waals surface area contributed by atoms with Gasteiger partial charge in [0.2, 0.25) is 6.39 Å². The lowest BCUT2D eigenvalue weighted by atomic mass is 9.93. The van der Waals surface area contributed by atoms with Crippen LogP contribution in [0.4, 0.5) is 0 Å². The molecule has 0 radical (unpaired) electrons. The molecule has 0 bridgehead atoms. The van der Waals surface area contributed by atoms with E-state index in [2.05, 4.69) is 29.0 Å². The summed E-state index contributed by atoms with van der Waals surface area (Å²) in [5.41, 5.74) is 6.93. The first kappa shape index (κ1) is 11.8. The van der Waals surface area contributed by atoms with Crippen molar-refractivity contribution in [3.05, 3.63) is 30.4 Å². The molecule has 0 saturated carbocycles. The summed E-state index contributed by atoms with van der Waals surface area (Å²) in [6, 6.07) is 0. The molecule has 2 rings (SSSR count). The fourth-order valence-corrected chi connectivity index (χ4v) is 1.92. The van der Waals surface area contributed by atoms with Gasteiger partial charge in [-0.3, -0.25) is 0 Å². The summed E-state index contributed by atoms with van der Waals surface area (Å²) in [5.74, 6) is 1.41. The van der Waals surface area contributed by atoms with Gasteiger partial charge in [0.25, 0.3) is 0 Å². The Morgan fingerprint density at radius 1 is 1.47 bits per heavy atom. The van der Waals surface area contributed by atoms with Crippen LogP contribution in [0.15, 0.2) is 23.4 Å². The van der Waals surface area contributed by atoms with Gasteiger partial charge in [-0.25, -0.2) is 4.98 Å². The summed E-state index contributed by atoms with van der Waals surface area (Å²) < 4.78 is 6.73. The average molecular weight is 235 g/mol. The van der Waals surface area contributed by atoms with Crippen LogP contribution < -0.4 is 5.73 Å². The fraction of sp³-hybridized carbons (Fsp3) is 0.545. The van der Waals surface area contributed by atoms with E-state index in [1.807, 2.05) is 10.8 Å². The van der Waals surface area contributed by atoms with Crippen molar-refractivity contribution in [2.24, 2.45) is 11.7 Å². The van der Waals surface area contributed by atoms with E-state index in [9.17, 15) is 0 Å². The van der Waals surface area contributed by atoms with E-state index in [1.54, 1.807) is 6.33 Å². The summed E-state index contributed by atoms with van der Waals surface area (Å²) in [4.78, 5) is 8.18. The molecule has 0 aliphatic rings.